The number of aromatic nitrogens is 2. The van der Waals surface area contributed by atoms with Crippen LogP contribution in [0.3, 0.4) is 0 Å². The molecule has 0 aliphatic carbocycles. The zero-order valence-corrected chi connectivity index (χ0v) is 15.9. The summed E-state index contributed by atoms with van der Waals surface area (Å²) < 4.78 is 6.96. The number of hydrogen-bond acceptors (Lipinski definition) is 4. The summed E-state index contributed by atoms with van der Waals surface area (Å²) in [4.78, 5) is 26.5. The van der Waals surface area contributed by atoms with Crippen molar-refractivity contribution >= 4 is 17.5 Å². The van der Waals surface area contributed by atoms with E-state index >= 15 is 0 Å². The van der Waals surface area contributed by atoms with Crippen molar-refractivity contribution in [1.82, 2.24) is 14.7 Å². The number of rotatable bonds is 6. The number of ether oxygens (including phenoxy) is 1. The Morgan fingerprint density at radius 2 is 1.96 bits per heavy atom. The molecule has 0 aliphatic heterocycles. The average molecular weight is 358 g/mol. The zero-order chi connectivity index (χ0) is 19.3. The SMILES string of the molecule is CCN(CC(=O)Nc1ccccc1OC)C(=O)c1cnn(C(C)(C)C)c1. The van der Waals surface area contributed by atoms with Crippen LogP contribution in [0.25, 0.3) is 0 Å². The Morgan fingerprint density at radius 1 is 1.27 bits per heavy atom. The molecule has 7 heteroatoms. The molecule has 1 heterocycles. The molecule has 0 spiro atoms. The lowest BCUT2D eigenvalue weighted by Crippen LogP contribution is -2.37. The molecule has 0 bridgehead atoms. The van der Waals surface area contributed by atoms with Crippen molar-refractivity contribution in [3.8, 4) is 5.75 Å². The summed E-state index contributed by atoms with van der Waals surface area (Å²) in [5.41, 5.74) is 0.826. The van der Waals surface area contributed by atoms with Gasteiger partial charge in [-0.3, -0.25) is 14.3 Å². The molecule has 1 aromatic heterocycles. The van der Waals surface area contributed by atoms with E-state index < -0.39 is 0 Å². The van der Waals surface area contributed by atoms with Gasteiger partial charge in [0, 0.05) is 12.7 Å². The summed E-state index contributed by atoms with van der Waals surface area (Å²) in [5.74, 6) is 0.0627. The van der Waals surface area contributed by atoms with E-state index in [9.17, 15) is 9.59 Å². The van der Waals surface area contributed by atoms with Gasteiger partial charge in [-0.1, -0.05) is 12.1 Å². The van der Waals surface area contributed by atoms with Crippen molar-refractivity contribution in [3.05, 3.63) is 42.2 Å². The number of nitrogens with one attached hydrogen (secondary N) is 1. The molecule has 0 saturated heterocycles. The van der Waals surface area contributed by atoms with Crippen LogP contribution in [0, 0.1) is 0 Å². The van der Waals surface area contributed by atoms with E-state index in [1.54, 1.807) is 30.1 Å². The van der Waals surface area contributed by atoms with Crippen LogP contribution in [0.2, 0.25) is 0 Å². The lowest BCUT2D eigenvalue weighted by Gasteiger charge is -2.21. The molecule has 1 aromatic carbocycles. The van der Waals surface area contributed by atoms with Crippen LogP contribution in [0.1, 0.15) is 38.1 Å². The van der Waals surface area contributed by atoms with E-state index in [0.717, 1.165) is 0 Å². The minimum Gasteiger partial charge on any atom is -0.495 e. The van der Waals surface area contributed by atoms with Crippen molar-refractivity contribution in [3.63, 3.8) is 0 Å². The van der Waals surface area contributed by atoms with Crippen molar-refractivity contribution < 1.29 is 14.3 Å². The maximum Gasteiger partial charge on any atom is 0.257 e. The number of carbonyl (C=O) groups is 2. The molecule has 0 radical (unpaired) electrons. The van der Waals surface area contributed by atoms with Crippen molar-refractivity contribution in [1.29, 1.82) is 0 Å². The zero-order valence-electron chi connectivity index (χ0n) is 15.9. The van der Waals surface area contributed by atoms with Gasteiger partial charge in [-0.2, -0.15) is 5.10 Å². The van der Waals surface area contributed by atoms with Crippen molar-refractivity contribution in [2.75, 3.05) is 25.5 Å². The third-order valence-corrected chi connectivity index (χ3v) is 3.90. The summed E-state index contributed by atoms with van der Waals surface area (Å²) in [6.45, 7) is 8.22. The van der Waals surface area contributed by atoms with E-state index in [4.69, 9.17) is 4.74 Å². The molecular formula is C19H26N4O3. The summed E-state index contributed by atoms with van der Waals surface area (Å²) >= 11 is 0. The second-order valence-electron chi connectivity index (χ2n) is 6.91. The lowest BCUT2D eigenvalue weighted by atomic mass is 10.1. The molecule has 26 heavy (non-hydrogen) atoms. The van der Waals surface area contributed by atoms with E-state index in [-0.39, 0.29) is 23.9 Å². The second-order valence-corrected chi connectivity index (χ2v) is 6.91. The smallest absolute Gasteiger partial charge is 0.257 e. The van der Waals surface area contributed by atoms with Crippen LogP contribution < -0.4 is 10.1 Å². The number of methoxy groups -OCH3 is 1. The van der Waals surface area contributed by atoms with E-state index in [1.807, 2.05) is 39.8 Å². The van der Waals surface area contributed by atoms with Gasteiger partial charge in [0.25, 0.3) is 5.91 Å². The van der Waals surface area contributed by atoms with Crippen LogP contribution >= 0.6 is 0 Å². The Labute approximate surface area is 153 Å². The molecule has 0 atom stereocenters. The highest BCUT2D eigenvalue weighted by Crippen LogP contribution is 2.23. The highest BCUT2D eigenvalue weighted by atomic mass is 16.5. The lowest BCUT2D eigenvalue weighted by molar-refractivity contribution is -0.116. The monoisotopic (exact) mass is 358 g/mol. The number of hydrogen-bond donors (Lipinski definition) is 1. The Hall–Kier alpha value is -2.83. The Bertz CT molecular complexity index is 777. The topological polar surface area (TPSA) is 76.5 Å². The summed E-state index contributed by atoms with van der Waals surface area (Å²) in [6, 6.07) is 7.15. The fourth-order valence-electron chi connectivity index (χ4n) is 2.42. The summed E-state index contributed by atoms with van der Waals surface area (Å²) in [7, 11) is 1.54. The Kier molecular flexibility index (Phi) is 6.02. The van der Waals surface area contributed by atoms with E-state index in [0.29, 0.717) is 23.5 Å². The first-order valence-electron chi connectivity index (χ1n) is 8.53. The number of carbonyl (C=O) groups excluding carboxylic acids is 2. The van der Waals surface area contributed by atoms with Gasteiger partial charge < -0.3 is 15.0 Å². The Morgan fingerprint density at radius 3 is 2.54 bits per heavy atom. The maximum atomic E-state index is 12.7. The summed E-state index contributed by atoms with van der Waals surface area (Å²) in [6.07, 6.45) is 3.25. The fraction of sp³-hybridized carbons (Fsp3) is 0.421. The molecule has 0 fully saturated rings. The van der Waals surface area contributed by atoms with Crippen LogP contribution in [0.5, 0.6) is 5.75 Å². The standard InChI is InChI=1S/C19H26N4O3/c1-6-22(18(25)14-11-20-23(12-14)19(2,3)4)13-17(24)21-15-9-7-8-10-16(15)26-5/h7-12H,6,13H2,1-5H3,(H,21,24). The minimum absolute atomic E-state index is 0.0475. The first-order valence-corrected chi connectivity index (χ1v) is 8.53. The Balaban J connectivity index is 2.07. The number of para-hydroxylation sites is 2. The molecule has 7 nitrogen and oxygen atoms in total. The molecule has 0 aliphatic rings. The van der Waals surface area contributed by atoms with Gasteiger partial charge in [-0.15, -0.1) is 0 Å². The number of benzene rings is 1. The molecule has 140 valence electrons. The molecule has 0 saturated carbocycles. The quantitative estimate of drug-likeness (QED) is 0.861. The largest absolute Gasteiger partial charge is 0.495 e. The van der Waals surface area contributed by atoms with Crippen LogP contribution in [-0.4, -0.2) is 46.7 Å². The molecular weight excluding hydrogens is 332 g/mol. The molecule has 0 unspecified atom stereocenters. The highest BCUT2D eigenvalue weighted by Gasteiger charge is 2.22. The van der Waals surface area contributed by atoms with Gasteiger partial charge in [0.2, 0.25) is 5.91 Å². The van der Waals surface area contributed by atoms with Gasteiger partial charge in [0.1, 0.15) is 12.3 Å². The van der Waals surface area contributed by atoms with Crippen LogP contribution in [0.15, 0.2) is 36.7 Å². The molecule has 2 rings (SSSR count). The van der Waals surface area contributed by atoms with Crippen LogP contribution in [-0.2, 0) is 10.3 Å². The fourth-order valence-corrected chi connectivity index (χ4v) is 2.42. The first kappa shape index (κ1) is 19.5. The third kappa shape index (κ3) is 4.62. The molecule has 2 amide bonds. The molecule has 2 aromatic rings. The van der Waals surface area contributed by atoms with Crippen LogP contribution in [0.4, 0.5) is 5.69 Å². The predicted octanol–water partition coefficient (Wildman–Crippen LogP) is 2.75. The van der Waals surface area contributed by atoms with Gasteiger partial charge >= 0.3 is 0 Å². The minimum atomic E-state index is -0.284. The summed E-state index contributed by atoms with van der Waals surface area (Å²) in [5, 5.41) is 7.03. The number of anilines is 1. The van der Waals surface area contributed by atoms with Gasteiger partial charge in [-0.05, 0) is 39.8 Å². The van der Waals surface area contributed by atoms with Gasteiger partial charge in [0.15, 0.2) is 0 Å². The van der Waals surface area contributed by atoms with Gasteiger partial charge in [-0.25, -0.2) is 0 Å². The second kappa shape index (κ2) is 8.03. The molecule has 1 N–H and O–H groups in total. The maximum absolute atomic E-state index is 12.7. The highest BCUT2D eigenvalue weighted by molar-refractivity contribution is 5.99. The first-order chi connectivity index (χ1) is 12.3. The van der Waals surface area contributed by atoms with Crippen molar-refractivity contribution in [2.24, 2.45) is 0 Å². The number of likely N-dealkylation sites (N-methyl/N-ethyl adjacent to an activating group) is 1. The predicted molar refractivity (Wildman–Crippen MR) is 100 cm³/mol. The normalized spacial score (nSPS) is 11.1. The van der Waals surface area contributed by atoms with E-state index in [2.05, 4.69) is 10.4 Å². The van der Waals surface area contributed by atoms with E-state index in [1.165, 1.54) is 11.1 Å². The number of amides is 2. The van der Waals surface area contributed by atoms with Crippen molar-refractivity contribution in [2.45, 2.75) is 33.2 Å². The average Bonchev–Trinajstić information content (AvgIpc) is 3.10. The third-order valence-electron chi connectivity index (χ3n) is 3.90. The van der Waals surface area contributed by atoms with Gasteiger partial charge in [0.05, 0.1) is 30.1 Å². The number of nitrogens with zero attached hydrogens (tertiary/aromatic N) is 3.